The van der Waals surface area contributed by atoms with Crippen LogP contribution in [0.4, 0.5) is 10.5 Å². The number of imide groups is 1. The summed E-state index contributed by atoms with van der Waals surface area (Å²) in [4.78, 5) is 48.4. The molecule has 0 aromatic heterocycles. The first-order chi connectivity index (χ1) is 13.8. The minimum absolute atomic E-state index is 0.149. The molecular weight excluding hydrogens is 396 g/mol. The van der Waals surface area contributed by atoms with Crippen molar-refractivity contribution in [2.75, 3.05) is 13.7 Å². The van der Waals surface area contributed by atoms with Gasteiger partial charge in [0.25, 0.3) is 16.8 Å². The molecular formula is C20H16N2O6S. The number of methoxy groups -OCH3 is 1. The Hall–Kier alpha value is -3.46. The predicted molar refractivity (Wildman–Crippen MR) is 108 cm³/mol. The molecule has 1 aliphatic heterocycles. The highest BCUT2D eigenvalue weighted by atomic mass is 32.2. The molecule has 0 N–H and O–H groups in total. The Balaban J connectivity index is 1.76. The van der Waals surface area contributed by atoms with E-state index in [2.05, 4.69) is 0 Å². The molecule has 2 aromatic rings. The lowest BCUT2D eigenvalue weighted by molar-refractivity contribution is -0.384. The number of thioether (sulfide) groups is 1. The van der Waals surface area contributed by atoms with Crippen molar-refractivity contribution in [2.45, 2.75) is 6.92 Å². The number of hydrogen-bond acceptors (Lipinski definition) is 7. The lowest BCUT2D eigenvalue weighted by Crippen LogP contribution is -2.33. The fraction of sp³-hybridized carbons (Fsp3) is 0.150. The maximum Gasteiger partial charge on any atom is 0.293 e. The Morgan fingerprint density at radius 3 is 2.52 bits per heavy atom. The number of carbonyl (C=O) groups excluding carboxylic acids is 3. The van der Waals surface area contributed by atoms with E-state index in [0.717, 1.165) is 22.2 Å². The SMILES string of the molecule is COc1cc(/C=C2/SC(=O)N(CC(=O)c3ccc([N+](=O)[O-])cc3)C2=O)ccc1C. The third-order valence-electron chi connectivity index (χ3n) is 4.31. The standard InChI is InChI=1S/C20H16N2O6S/c1-12-3-4-13(9-17(12)28-2)10-18-19(24)21(20(25)29-18)11-16(23)14-5-7-15(8-6-14)22(26)27/h3-10H,11H2,1-2H3/b18-10+. The van der Waals surface area contributed by atoms with Gasteiger partial charge in [0, 0.05) is 17.7 Å². The number of ketones is 1. The molecule has 1 heterocycles. The lowest BCUT2D eigenvalue weighted by atomic mass is 10.1. The zero-order chi connectivity index (χ0) is 21.1. The molecule has 8 nitrogen and oxygen atoms in total. The van der Waals surface area contributed by atoms with Crippen LogP contribution >= 0.6 is 11.8 Å². The third kappa shape index (κ3) is 4.35. The molecule has 1 saturated heterocycles. The zero-order valence-electron chi connectivity index (χ0n) is 15.6. The van der Waals surface area contributed by atoms with Gasteiger partial charge in [0.1, 0.15) is 5.75 Å². The number of carbonyl (C=O) groups is 3. The fourth-order valence-electron chi connectivity index (χ4n) is 2.72. The van der Waals surface area contributed by atoms with Crippen LogP contribution in [0.1, 0.15) is 21.5 Å². The summed E-state index contributed by atoms with van der Waals surface area (Å²) < 4.78 is 5.26. The summed E-state index contributed by atoms with van der Waals surface area (Å²) in [7, 11) is 1.55. The lowest BCUT2D eigenvalue weighted by Gasteiger charge is -2.11. The Morgan fingerprint density at radius 2 is 1.90 bits per heavy atom. The predicted octanol–water partition coefficient (Wildman–Crippen LogP) is 3.83. The van der Waals surface area contributed by atoms with Crippen LogP contribution in [0, 0.1) is 17.0 Å². The smallest absolute Gasteiger partial charge is 0.293 e. The van der Waals surface area contributed by atoms with Gasteiger partial charge in [-0.1, -0.05) is 12.1 Å². The number of benzene rings is 2. The molecule has 0 unspecified atom stereocenters. The van der Waals surface area contributed by atoms with Crippen molar-refractivity contribution in [1.29, 1.82) is 0 Å². The van der Waals surface area contributed by atoms with Gasteiger partial charge in [0.05, 0.1) is 23.5 Å². The molecule has 0 spiro atoms. The average Bonchev–Trinajstić information content (AvgIpc) is 2.96. The van der Waals surface area contributed by atoms with Crippen molar-refractivity contribution >= 4 is 40.5 Å². The van der Waals surface area contributed by atoms with E-state index in [1.54, 1.807) is 25.3 Å². The summed E-state index contributed by atoms with van der Waals surface area (Å²) in [5.41, 5.74) is 1.66. The second kappa shape index (κ2) is 8.27. The first-order valence-corrected chi connectivity index (χ1v) is 9.29. The van der Waals surface area contributed by atoms with E-state index in [4.69, 9.17) is 4.74 Å². The monoisotopic (exact) mass is 412 g/mol. The van der Waals surface area contributed by atoms with Gasteiger partial charge in [-0.05, 0) is 54.1 Å². The van der Waals surface area contributed by atoms with Crippen LogP contribution in [0.5, 0.6) is 5.75 Å². The Morgan fingerprint density at radius 1 is 1.21 bits per heavy atom. The number of nitrogens with zero attached hydrogens (tertiary/aromatic N) is 2. The molecule has 148 valence electrons. The van der Waals surface area contributed by atoms with Gasteiger partial charge in [0.15, 0.2) is 5.78 Å². The van der Waals surface area contributed by atoms with Gasteiger partial charge in [-0.15, -0.1) is 0 Å². The fourth-order valence-corrected chi connectivity index (χ4v) is 3.56. The second-order valence-electron chi connectivity index (χ2n) is 6.22. The summed E-state index contributed by atoms with van der Waals surface area (Å²) in [6.45, 7) is 1.46. The van der Waals surface area contributed by atoms with Crippen molar-refractivity contribution in [3.8, 4) is 5.75 Å². The number of rotatable bonds is 6. The van der Waals surface area contributed by atoms with Crippen LogP contribution in [0.15, 0.2) is 47.4 Å². The molecule has 0 radical (unpaired) electrons. The summed E-state index contributed by atoms with van der Waals surface area (Å²) in [5, 5.41) is 10.2. The number of nitro groups is 1. The highest BCUT2D eigenvalue weighted by Crippen LogP contribution is 2.33. The quantitative estimate of drug-likeness (QED) is 0.307. The highest BCUT2D eigenvalue weighted by molar-refractivity contribution is 8.18. The minimum atomic E-state index is -0.574. The topological polar surface area (TPSA) is 107 Å². The van der Waals surface area contributed by atoms with Crippen LogP contribution in [0.25, 0.3) is 6.08 Å². The summed E-state index contributed by atoms with van der Waals surface area (Å²) in [6, 6.07) is 10.4. The molecule has 0 bridgehead atoms. The van der Waals surface area contributed by atoms with E-state index in [0.29, 0.717) is 11.3 Å². The van der Waals surface area contributed by atoms with Crippen LogP contribution in [0.2, 0.25) is 0 Å². The van der Waals surface area contributed by atoms with Crippen molar-refractivity contribution in [2.24, 2.45) is 0 Å². The molecule has 29 heavy (non-hydrogen) atoms. The van der Waals surface area contributed by atoms with E-state index < -0.39 is 28.4 Å². The number of ether oxygens (including phenoxy) is 1. The first kappa shape index (κ1) is 20.3. The summed E-state index contributed by atoms with van der Waals surface area (Å²) >= 11 is 0.754. The van der Waals surface area contributed by atoms with Crippen molar-refractivity contribution in [3.05, 3.63) is 74.2 Å². The third-order valence-corrected chi connectivity index (χ3v) is 5.21. The zero-order valence-corrected chi connectivity index (χ0v) is 16.4. The summed E-state index contributed by atoms with van der Waals surface area (Å²) in [5.74, 6) is -0.387. The number of aryl methyl sites for hydroxylation is 1. The second-order valence-corrected chi connectivity index (χ2v) is 7.22. The van der Waals surface area contributed by atoms with Crippen LogP contribution in [0.3, 0.4) is 0 Å². The van der Waals surface area contributed by atoms with E-state index in [1.807, 2.05) is 13.0 Å². The highest BCUT2D eigenvalue weighted by Gasteiger charge is 2.36. The van der Waals surface area contributed by atoms with Crippen molar-refractivity contribution in [1.82, 2.24) is 4.90 Å². The maximum atomic E-state index is 12.6. The maximum absolute atomic E-state index is 12.6. The molecule has 0 saturated carbocycles. The average molecular weight is 412 g/mol. The molecule has 0 aliphatic carbocycles. The number of hydrogen-bond donors (Lipinski definition) is 0. The largest absolute Gasteiger partial charge is 0.496 e. The molecule has 1 aliphatic rings. The van der Waals surface area contributed by atoms with E-state index >= 15 is 0 Å². The molecule has 0 atom stereocenters. The van der Waals surface area contributed by atoms with Crippen molar-refractivity contribution in [3.63, 3.8) is 0 Å². The normalized spacial score (nSPS) is 15.1. The van der Waals surface area contributed by atoms with E-state index in [-0.39, 0.29) is 16.2 Å². The van der Waals surface area contributed by atoms with Crippen molar-refractivity contribution < 1.29 is 24.0 Å². The van der Waals surface area contributed by atoms with E-state index in [9.17, 15) is 24.5 Å². The van der Waals surface area contributed by atoms with Gasteiger partial charge in [-0.2, -0.15) is 0 Å². The van der Waals surface area contributed by atoms with Gasteiger partial charge in [0.2, 0.25) is 0 Å². The van der Waals surface area contributed by atoms with E-state index in [1.165, 1.54) is 24.3 Å². The molecule has 3 rings (SSSR count). The minimum Gasteiger partial charge on any atom is -0.496 e. The van der Waals surface area contributed by atoms with Gasteiger partial charge in [-0.25, -0.2) is 0 Å². The number of non-ortho nitro benzene ring substituents is 1. The molecule has 9 heteroatoms. The van der Waals surface area contributed by atoms with Crippen LogP contribution < -0.4 is 4.74 Å². The van der Waals surface area contributed by atoms with Gasteiger partial charge >= 0.3 is 0 Å². The Labute approximate surface area is 170 Å². The molecule has 1 fully saturated rings. The summed E-state index contributed by atoms with van der Waals surface area (Å²) in [6.07, 6.45) is 1.57. The number of nitro benzene ring substituents is 1. The van der Waals surface area contributed by atoms with Crippen LogP contribution in [-0.2, 0) is 4.79 Å². The van der Waals surface area contributed by atoms with Gasteiger partial charge in [-0.3, -0.25) is 29.4 Å². The number of Topliss-reactive ketones (excluding diaryl/α,β-unsaturated/α-hetero) is 1. The van der Waals surface area contributed by atoms with Crippen LogP contribution in [-0.4, -0.2) is 40.4 Å². The first-order valence-electron chi connectivity index (χ1n) is 8.48. The Bertz CT molecular complexity index is 1050. The Kier molecular flexibility index (Phi) is 5.79. The van der Waals surface area contributed by atoms with Gasteiger partial charge < -0.3 is 4.74 Å². The number of amides is 2. The molecule has 2 amide bonds. The molecule has 2 aromatic carbocycles.